The van der Waals surface area contributed by atoms with Gasteiger partial charge in [0.25, 0.3) is 0 Å². The Hall–Kier alpha value is -0.510. The molecule has 2 atom stereocenters. The van der Waals surface area contributed by atoms with E-state index in [0.717, 1.165) is 57.4 Å². The molecule has 2 saturated heterocycles. The molecule has 1 aromatic carbocycles. The highest BCUT2D eigenvalue weighted by Crippen LogP contribution is 2.21. The lowest BCUT2D eigenvalue weighted by Crippen LogP contribution is -2.53. The molecule has 2 fully saturated rings. The lowest BCUT2D eigenvalue weighted by molar-refractivity contribution is -0.0816. The Morgan fingerprint density at radius 1 is 1.23 bits per heavy atom. The van der Waals surface area contributed by atoms with E-state index in [-0.39, 0.29) is 36.2 Å². The molecule has 26 heavy (non-hydrogen) atoms. The van der Waals surface area contributed by atoms with Crippen LogP contribution in [0.5, 0.6) is 0 Å². The van der Waals surface area contributed by atoms with Gasteiger partial charge in [0.1, 0.15) is 6.10 Å². The molecule has 0 spiro atoms. The summed E-state index contributed by atoms with van der Waals surface area (Å²) in [6, 6.07) is 8.69. The molecule has 2 unspecified atom stereocenters. The quantitative estimate of drug-likeness (QED) is 0.226. The van der Waals surface area contributed by atoms with E-state index < -0.39 is 0 Å². The maximum Gasteiger partial charge on any atom is 0.193 e. The summed E-state index contributed by atoms with van der Waals surface area (Å²) in [5.74, 6) is 1.98. The van der Waals surface area contributed by atoms with Crippen molar-refractivity contribution in [1.29, 1.82) is 0 Å². The number of nitrogens with one attached hydrogen (secondary N) is 1. The summed E-state index contributed by atoms with van der Waals surface area (Å²) >= 11 is 1.87. The lowest BCUT2D eigenvalue weighted by Gasteiger charge is -2.37. The number of aryl methyl sites for hydroxylation is 1. The van der Waals surface area contributed by atoms with Crippen molar-refractivity contribution < 1.29 is 9.47 Å². The maximum absolute atomic E-state index is 5.93. The Labute approximate surface area is 178 Å². The minimum Gasteiger partial charge on any atom is -0.375 e. The number of thioether (sulfide) groups is 1. The van der Waals surface area contributed by atoms with Gasteiger partial charge in [0.2, 0.25) is 0 Å². The second-order valence-electron chi connectivity index (χ2n) is 6.54. The van der Waals surface area contributed by atoms with Gasteiger partial charge in [-0.15, -0.1) is 35.7 Å². The van der Waals surface area contributed by atoms with E-state index in [4.69, 9.17) is 9.47 Å². The number of hydrogen-bond donors (Lipinski definition) is 1. The molecular weight excluding hydrogens is 461 g/mol. The highest BCUT2D eigenvalue weighted by molar-refractivity contribution is 14.0. The summed E-state index contributed by atoms with van der Waals surface area (Å²) in [4.78, 5) is 8.06. The molecule has 2 aliphatic heterocycles. The van der Waals surface area contributed by atoms with Gasteiger partial charge < -0.3 is 19.7 Å². The van der Waals surface area contributed by atoms with E-state index in [1.165, 1.54) is 10.5 Å². The van der Waals surface area contributed by atoms with E-state index in [2.05, 4.69) is 46.4 Å². The van der Waals surface area contributed by atoms with Crippen LogP contribution in [0.1, 0.15) is 18.4 Å². The summed E-state index contributed by atoms with van der Waals surface area (Å²) in [7, 11) is 1.85. The average Bonchev–Trinajstić information content (AvgIpc) is 3.18. The molecule has 0 aromatic heterocycles. The van der Waals surface area contributed by atoms with Gasteiger partial charge in [-0.3, -0.25) is 4.99 Å². The molecule has 5 nitrogen and oxygen atoms in total. The average molecular weight is 491 g/mol. The van der Waals surface area contributed by atoms with Crippen LogP contribution in [0.2, 0.25) is 0 Å². The van der Waals surface area contributed by atoms with E-state index in [0.29, 0.717) is 0 Å². The Bertz CT molecular complexity index is 564. The van der Waals surface area contributed by atoms with Crippen molar-refractivity contribution in [3.63, 3.8) is 0 Å². The summed E-state index contributed by atoms with van der Waals surface area (Å²) in [5, 5.41) is 3.49. The first-order valence-electron chi connectivity index (χ1n) is 9.14. The molecule has 0 radical (unpaired) electrons. The van der Waals surface area contributed by atoms with Crippen molar-refractivity contribution in [2.45, 2.75) is 36.9 Å². The van der Waals surface area contributed by atoms with Crippen LogP contribution in [-0.4, -0.2) is 68.7 Å². The first-order valence-corrected chi connectivity index (χ1v) is 10.1. The predicted octanol–water partition coefficient (Wildman–Crippen LogP) is 3.16. The van der Waals surface area contributed by atoms with Crippen LogP contribution in [0, 0.1) is 6.92 Å². The molecule has 2 aliphatic rings. The van der Waals surface area contributed by atoms with E-state index in [1.807, 2.05) is 18.8 Å². The molecular formula is C19H30IN3O2S. The second-order valence-corrected chi connectivity index (χ2v) is 7.71. The molecule has 7 heteroatoms. The van der Waals surface area contributed by atoms with Gasteiger partial charge in [0, 0.05) is 43.9 Å². The molecule has 1 N–H and O–H groups in total. The topological polar surface area (TPSA) is 46.1 Å². The van der Waals surface area contributed by atoms with Gasteiger partial charge in [-0.2, -0.15) is 0 Å². The Balaban J connectivity index is 0.00000243. The Morgan fingerprint density at radius 3 is 2.69 bits per heavy atom. The molecule has 2 heterocycles. The zero-order chi connectivity index (χ0) is 17.5. The van der Waals surface area contributed by atoms with Crippen molar-refractivity contribution in [1.82, 2.24) is 10.2 Å². The number of ether oxygens (including phenoxy) is 2. The summed E-state index contributed by atoms with van der Waals surface area (Å²) in [6.45, 7) is 6.36. The van der Waals surface area contributed by atoms with E-state index in [9.17, 15) is 0 Å². The third-order valence-electron chi connectivity index (χ3n) is 4.66. The lowest BCUT2D eigenvalue weighted by atomic mass is 10.1. The van der Waals surface area contributed by atoms with Crippen LogP contribution < -0.4 is 5.32 Å². The number of benzene rings is 1. The summed E-state index contributed by atoms with van der Waals surface area (Å²) in [6.07, 6.45) is 2.67. The van der Waals surface area contributed by atoms with Gasteiger partial charge >= 0.3 is 0 Å². The van der Waals surface area contributed by atoms with Crippen molar-refractivity contribution in [2.75, 3.05) is 45.6 Å². The van der Waals surface area contributed by atoms with Crippen molar-refractivity contribution >= 4 is 41.7 Å². The summed E-state index contributed by atoms with van der Waals surface area (Å²) < 4.78 is 11.7. The van der Waals surface area contributed by atoms with Crippen LogP contribution in [0.3, 0.4) is 0 Å². The highest BCUT2D eigenvalue weighted by atomic mass is 127. The van der Waals surface area contributed by atoms with Gasteiger partial charge in [0.15, 0.2) is 5.96 Å². The third kappa shape index (κ3) is 6.28. The zero-order valence-corrected chi connectivity index (χ0v) is 18.8. The fourth-order valence-corrected chi connectivity index (χ4v) is 4.06. The molecule has 3 rings (SSSR count). The van der Waals surface area contributed by atoms with Crippen molar-refractivity contribution in [3.8, 4) is 0 Å². The summed E-state index contributed by atoms with van der Waals surface area (Å²) in [5.41, 5.74) is 1.30. The number of hydrogen-bond acceptors (Lipinski definition) is 4. The van der Waals surface area contributed by atoms with Gasteiger partial charge in [0.05, 0.1) is 12.7 Å². The van der Waals surface area contributed by atoms with Gasteiger partial charge in [-0.1, -0.05) is 17.7 Å². The monoisotopic (exact) mass is 491 g/mol. The third-order valence-corrected chi connectivity index (χ3v) is 5.67. The van der Waals surface area contributed by atoms with Gasteiger partial charge in [-0.05, 0) is 31.9 Å². The fraction of sp³-hybridized carbons (Fsp3) is 0.632. The minimum atomic E-state index is 0. The largest absolute Gasteiger partial charge is 0.375 e. The molecule has 146 valence electrons. The smallest absolute Gasteiger partial charge is 0.193 e. The molecule has 0 bridgehead atoms. The van der Waals surface area contributed by atoms with Crippen LogP contribution in [0.4, 0.5) is 0 Å². The molecule has 0 aliphatic carbocycles. The second kappa shape index (κ2) is 11.4. The van der Waals surface area contributed by atoms with Crippen LogP contribution >= 0.6 is 35.7 Å². The first-order chi connectivity index (χ1) is 12.3. The number of nitrogens with zero attached hydrogens (tertiary/aromatic N) is 2. The normalized spacial score (nSPS) is 23.6. The molecule has 1 aromatic rings. The number of halogens is 1. The first kappa shape index (κ1) is 21.8. The zero-order valence-electron chi connectivity index (χ0n) is 15.6. The van der Waals surface area contributed by atoms with Crippen LogP contribution in [-0.2, 0) is 9.47 Å². The molecule has 0 amide bonds. The standard InChI is InChI=1S/C19H29N3O2S.HI/c1-15-5-7-16(8-6-15)25-13-9-21-19(20-2)22-10-12-24-18(14-22)17-4-3-11-23-17;/h5-8,17-18H,3-4,9-14H2,1-2H3,(H,20,21);1H. The fourth-order valence-electron chi connectivity index (χ4n) is 3.29. The van der Waals surface area contributed by atoms with E-state index in [1.54, 1.807) is 0 Å². The molecule has 0 saturated carbocycles. The van der Waals surface area contributed by atoms with Gasteiger partial charge in [-0.25, -0.2) is 0 Å². The minimum absolute atomic E-state index is 0. The van der Waals surface area contributed by atoms with Crippen molar-refractivity contribution in [2.24, 2.45) is 4.99 Å². The number of rotatable bonds is 5. The number of aliphatic imine (C=N–C) groups is 1. The predicted molar refractivity (Wildman–Crippen MR) is 119 cm³/mol. The highest BCUT2D eigenvalue weighted by Gasteiger charge is 2.32. The van der Waals surface area contributed by atoms with Crippen LogP contribution in [0.25, 0.3) is 0 Å². The van der Waals surface area contributed by atoms with Crippen molar-refractivity contribution in [3.05, 3.63) is 29.8 Å². The number of morpholine rings is 1. The van der Waals surface area contributed by atoms with E-state index >= 15 is 0 Å². The maximum atomic E-state index is 5.93. The SMILES string of the molecule is CN=C(NCCSc1ccc(C)cc1)N1CCOC(C2CCCO2)C1.I. The Morgan fingerprint density at radius 2 is 2.00 bits per heavy atom. The van der Waals surface area contributed by atoms with Crippen LogP contribution in [0.15, 0.2) is 34.2 Å². The Kier molecular flexibility index (Phi) is 9.52. The number of guanidine groups is 1.